The molecule has 3 aliphatic rings. The summed E-state index contributed by atoms with van der Waals surface area (Å²) >= 11 is 0. The first-order valence-electron chi connectivity index (χ1n) is 5.45. The summed E-state index contributed by atoms with van der Waals surface area (Å²) in [6.45, 7) is 5.00. The van der Waals surface area contributed by atoms with E-state index in [0.29, 0.717) is 17.9 Å². The number of carbonyl (C=O) groups excluding carboxylic acids is 1. The topological polar surface area (TPSA) is 35.5 Å². The van der Waals surface area contributed by atoms with Gasteiger partial charge in [0.1, 0.15) is 6.61 Å². The molecule has 3 nitrogen and oxygen atoms in total. The molecular weight excluding hydrogens is 192 g/mol. The Hall–Kier alpha value is -0.990. The van der Waals surface area contributed by atoms with Crippen molar-refractivity contribution >= 4 is 6.16 Å². The first kappa shape index (κ1) is 10.5. The van der Waals surface area contributed by atoms with Crippen molar-refractivity contribution in [2.45, 2.75) is 26.7 Å². The standard InChI is InChI=1S/C12H18O3/c1-12(2)9-5-4-8(10(12)6-9)7-15-11(13)14-3/h4,9-10H,5-7H2,1-3H3. The number of hydrogen-bond acceptors (Lipinski definition) is 3. The lowest BCUT2D eigenvalue weighted by molar-refractivity contribution is -0.0163. The summed E-state index contributed by atoms with van der Waals surface area (Å²) in [5, 5.41) is 0. The van der Waals surface area contributed by atoms with E-state index in [9.17, 15) is 4.79 Å². The van der Waals surface area contributed by atoms with Gasteiger partial charge in [0.15, 0.2) is 0 Å². The molecule has 0 heterocycles. The average Bonchev–Trinajstić information content (AvgIpc) is 2.25. The number of fused-ring (bicyclic) bond motifs is 1. The Labute approximate surface area is 90.4 Å². The SMILES string of the molecule is COC(=O)OCC1=CCC2CC1C2(C)C. The Morgan fingerprint density at radius 1 is 1.60 bits per heavy atom. The third-order valence-electron chi connectivity index (χ3n) is 4.11. The van der Waals surface area contributed by atoms with Gasteiger partial charge in [-0.3, -0.25) is 0 Å². The summed E-state index contributed by atoms with van der Waals surface area (Å²) in [6, 6.07) is 0. The van der Waals surface area contributed by atoms with E-state index in [1.54, 1.807) is 0 Å². The third-order valence-corrected chi connectivity index (χ3v) is 4.11. The smallest absolute Gasteiger partial charge is 0.438 e. The Bertz CT molecular complexity index is 304. The van der Waals surface area contributed by atoms with Crippen LogP contribution in [0.15, 0.2) is 11.6 Å². The molecule has 3 aliphatic carbocycles. The predicted molar refractivity (Wildman–Crippen MR) is 56.4 cm³/mol. The van der Waals surface area contributed by atoms with Crippen LogP contribution in [0.2, 0.25) is 0 Å². The van der Waals surface area contributed by atoms with Crippen LogP contribution >= 0.6 is 0 Å². The number of carbonyl (C=O) groups is 1. The normalized spacial score (nSPS) is 31.3. The number of rotatable bonds is 2. The van der Waals surface area contributed by atoms with Gasteiger partial charge < -0.3 is 9.47 Å². The van der Waals surface area contributed by atoms with Crippen LogP contribution in [0.3, 0.4) is 0 Å². The average molecular weight is 210 g/mol. The zero-order valence-electron chi connectivity index (χ0n) is 9.58. The fraction of sp³-hybridized carbons (Fsp3) is 0.750. The largest absolute Gasteiger partial charge is 0.508 e. The number of ether oxygens (including phenoxy) is 2. The van der Waals surface area contributed by atoms with Crippen LogP contribution in [-0.4, -0.2) is 19.9 Å². The molecule has 0 aliphatic heterocycles. The summed E-state index contributed by atoms with van der Waals surface area (Å²) in [4.78, 5) is 10.9. The maximum Gasteiger partial charge on any atom is 0.508 e. The molecule has 3 heteroatoms. The lowest BCUT2D eigenvalue weighted by atomic mass is 9.49. The van der Waals surface area contributed by atoms with Crippen molar-refractivity contribution in [3.63, 3.8) is 0 Å². The highest BCUT2D eigenvalue weighted by Crippen LogP contribution is 2.59. The minimum atomic E-state index is -0.588. The molecule has 1 fully saturated rings. The van der Waals surface area contributed by atoms with Gasteiger partial charge in [-0.2, -0.15) is 0 Å². The van der Waals surface area contributed by atoms with Crippen LogP contribution in [0.5, 0.6) is 0 Å². The molecule has 0 amide bonds. The van der Waals surface area contributed by atoms with Gasteiger partial charge in [-0.1, -0.05) is 19.9 Å². The van der Waals surface area contributed by atoms with Crippen molar-refractivity contribution in [3.05, 3.63) is 11.6 Å². The highest BCUT2D eigenvalue weighted by Gasteiger charge is 2.51. The fourth-order valence-electron chi connectivity index (χ4n) is 2.84. The summed E-state index contributed by atoms with van der Waals surface area (Å²) in [7, 11) is 1.33. The lowest BCUT2D eigenvalue weighted by Gasteiger charge is -2.56. The monoisotopic (exact) mass is 210 g/mol. The Kier molecular flexibility index (Phi) is 2.49. The minimum Gasteiger partial charge on any atom is -0.438 e. The molecule has 0 spiro atoms. The molecule has 2 bridgehead atoms. The van der Waals surface area contributed by atoms with Gasteiger partial charge in [0.2, 0.25) is 0 Å². The van der Waals surface area contributed by atoms with Gasteiger partial charge in [-0.05, 0) is 35.7 Å². The van der Waals surface area contributed by atoms with E-state index in [2.05, 4.69) is 24.7 Å². The van der Waals surface area contributed by atoms with Crippen LogP contribution in [0.25, 0.3) is 0 Å². The Morgan fingerprint density at radius 2 is 2.33 bits per heavy atom. The first-order chi connectivity index (χ1) is 7.05. The van der Waals surface area contributed by atoms with Crippen molar-refractivity contribution in [3.8, 4) is 0 Å². The van der Waals surface area contributed by atoms with E-state index in [1.807, 2.05) is 0 Å². The number of allylic oxidation sites excluding steroid dienone is 1. The Balaban J connectivity index is 1.94. The highest BCUT2D eigenvalue weighted by atomic mass is 16.7. The third kappa shape index (κ3) is 1.64. The molecule has 0 N–H and O–H groups in total. The lowest BCUT2D eigenvalue weighted by Crippen LogP contribution is -2.48. The molecule has 1 saturated carbocycles. The van der Waals surface area contributed by atoms with Gasteiger partial charge >= 0.3 is 6.16 Å². The molecule has 0 aromatic heterocycles. The van der Waals surface area contributed by atoms with Crippen LogP contribution in [0.4, 0.5) is 4.79 Å². The molecule has 3 rings (SSSR count). The number of hydrogen-bond donors (Lipinski definition) is 0. The second kappa shape index (κ2) is 3.54. The number of methoxy groups -OCH3 is 1. The zero-order chi connectivity index (χ0) is 11.1. The Morgan fingerprint density at radius 3 is 2.87 bits per heavy atom. The maximum atomic E-state index is 10.9. The molecule has 0 radical (unpaired) electrons. The molecule has 2 unspecified atom stereocenters. The van der Waals surface area contributed by atoms with Crippen LogP contribution in [0.1, 0.15) is 26.7 Å². The molecule has 0 aromatic rings. The summed E-state index contributed by atoms with van der Waals surface area (Å²) in [6.07, 6.45) is 4.02. The molecule has 0 saturated heterocycles. The van der Waals surface area contributed by atoms with E-state index in [1.165, 1.54) is 19.1 Å². The van der Waals surface area contributed by atoms with E-state index < -0.39 is 6.16 Å². The van der Waals surface area contributed by atoms with Crippen LogP contribution in [0, 0.1) is 17.3 Å². The van der Waals surface area contributed by atoms with Gasteiger partial charge in [-0.25, -0.2) is 4.79 Å². The fourth-order valence-corrected chi connectivity index (χ4v) is 2.84. The zero-order valence-corrected chi connectivity index (χ0v) is 9.58. The van der Waals surface area contributed by atoms with Gasteiger partial charge in [0, 0.05) is 0 Å². The maximum absolute atomic E-state index is 10.9. The van der Waals surface area contributed by atoms with E-state index in [4.69, 9.17) is 4.74 Å². The van der Waals surface area contributed by atoms with Crippen molar-refractivity contribution in [2.75, 3.05) is 13.7 Å². The van der Waals surface area contributed by atoms with Crippen LogP contribution in [-0.2, 0) is 9.47 Å². The second-order valence-corrected chi connectivity index (χ2v) is 5.06. The van der Waals surface area contributed by atoms with Crippen molar-refractivity contribution in [2.24, 2.45) is 17.3 Å². The molecular formula is C12H18O3. The summed E-state index contributed by atoms with van der Waals surface area (Å²) in [5.41, 5.74) is 1.66. The van der Waals surface area contributed by atoms with E-state index in [-0.39, 0.29) is 0 Å². The van der Waals surface area contributed by atoms with Gasteiger partial charge in [0.25, 0.3) is 0 Å². The van der Waals surface area contributed by atoms with Crippen LogP contribution < -0.4 is 0 Å². The predicted octanol–water partition coefficient (Wildman–Crippen LogP) is 2.76. The van der Waals surface area contributed by atoms with Gasteiger partial charge in [0.05, 0.1) is 7.11 Å². The van der Waals surface area contributed by atoms with Crippen molar-refractivity contribution in [1.82, 2.24) is 0 Å². The van der Waals surface area contributed by atoms with Gasteiger partial charge in [-0.15, -0.1) is 0 Å². The summed E-state index contributed by atoms with van der Waals surface area (Å²) < 4.78 is 9.44. The van der Waals surface area contributed by atoms with Crippen molar-refractivity contribution in [1.29, 1.82) is 0 Å². The quantitative estimate of drug-likeness (QED) is 0.519. The minimum absolute atomic E-state index is 0.392. The molecule has 0 aromatic carbocycles. The first-order valence-corrected chi connectivity index (χ1v) is 5.45. The van der Waals surface area contributed by atoms with E-state index >= 15 is 0 Å². The van der Waals surface area contributed by atoms with E-state index in [0.717, 1.165) is 12.3 Å². The molecule has 84 valence electrons. The molecule has 2 atom stereocenters. The molecule has 15 heavy (non-hydrogen) atoms. The summed E-state index contributed by atoms with van der Waals surface area (Å²) in [5.74, 6) is 1.42. The highest BCUT2D eigenvalue weighted by molar-refractivity contribution is 5.59. The van der Waals surface area contributed by atoms with Crippen molar-refractivity contribution < 1.29 is 14.3 Å². The second-order valence-electron chi connectivity index (χ2n) is 5.06.